The van der Waals surface area contributed by atoms with Crippen molar-refractivity contribution in [2.24, 2.45) is 0 Å². The minimum absolute atomic E-state index is 0.243. The zero-order valence-corrected chi connectivity index (χ0v) is 13.9. The molecular weight excluding hydrogens is 376 g/mol. The number of alkyl halides is 3. The summed E-state index contributed by atoms with van der Waals surface area (Å²) in [5, 5.41) is 11.9. The van der Waals surface area contributed by atoms with Crippen LogP contribution in [0.2, 0.25) is 0 Å². The van der Waals surface area contributed by atoms with Gasteiger partial charge in [-0.3, -0.25) is 4.98 Å². The van der Waals surface area contributed by atoms with Gasteiger partial charge in [-0.25, -0.2) is 0 Å². The van der Waals surface area contributed by atoms with E-state index in [2.05, 4.69) is 30.4 Å². The van der Waals surface area contributed by atoms with Crippen LogP contribution in [0.5, 0.6) is 0 Å². The first-order chi connectivity index (χ1) is 12.0. The van der Waals surface area contributed by atoms with Crippen molar-refractivity contribution in [3.8, 4) is 11.4 Å². The minimum atomic E-state index is -3.63. The zero-order valence-electron chi connectivity index (χ0n) is 12.3. The Hall–Kier alpha value is -2.53. The normalized spacial score (nSPS) is 12.1. The highest BCUT2D eigenvalue weighted by atomic mass is 35.5. The van der Waals surface area contributed by atoms with Crippen LogP contribution in [0.3, 0.4) is 0 Å². The molecule has 128 valence electrons. The van der Waals surface area contributed by atoms with Crippen LogP contribution in [-0.2, 0) is 18.2 Å². The van der Waals surface area contributed by atoms with E-state index in [9.17, 15) is 8.78 Å². The lowest BCUT2D eigenvalue weighted by Crippen LogP contribution is -2.10. The van der Waals surface area contributed by atoms with E-state index in [0.29, 0.717) is 29.6 Å². The Labute approximate surface area is 147 Å². The maximum Gasteiger partial charge on any atom is 0.383 e. The third-order valence-corrected chi connectivity index (χ3v) is 4.35. The Morgan fingerprint density at radius 3 is 2.92 bits per heavy atom. The summed E-state index contributed by atoms with van der Waals surface area (Å²) in [5.74, 6) is 0.140. The largest absolute Gasteiger partial charge is 0.383 e. The molecule has 0 fully saturated rings. The second-order valence-electron chi connectivity index (χ2n) is 4.96. The van der Waals surface area contributed by atoms with Crippen LogP contribution in [0.25, 0.3) is 16.3 Å². The number of fused-ring (bicyclic) bond motifs is 1. The SMILES string of the molecule is FC(F)(Cl)c1nnc2sc(CCc3nc(-c4cccnc4)no3)nn12. The van der Waals surface area contributed by atoms with E-state index in [1.165, 1.54) is 0 Å². The Morgan fingerprint density at radius 1 is 1.28 bits per heavy atom. The Kier molecular flexibility index (Phi) is 3.88. The maximum absolute atomic E-state index is 13.2. The van der Waals surface area contributed by atoms with Crippen LogP contribution < -0.4 is 0 Å². The first-order valence-corrected chi connectivity index (χ1v) is 8.21. The van der Waals surface area contributed by atoms with Crippen LogP contribution >= 0.6 is 22.9 Å². The minimum Gasteiger partial charge on any atom is -0.339 e. The molecule has 0 aliphatic heterocycles. The first kappa shape index (κ1) is 16.0. The summed E-state index contributed by atoms with van der Waals surface area (Å²) in [6.07, 6.45) is 4.11. The maximum atomic E-state index is 13.2. The Balaban J connectivity index is 1.49. The molecule has 0 saturated heterocycles. The second-order valence-corrected chi connectivity index (χ2v) is 6.48. The lowest BCUT2D eigenvalue weighted by atomic mass is 10.3. The molecule has 0 saturated carbocycles. The molecule has 4 rings (SSSR count). The fraction of sp³-hybridized carbons (Fsp3) is 0.231. The van der Waals surface area contributed by atoms with Crippen molar-refractivity contribution >= 4 is 27.9 Å². The Bertz CT molecular complexity index is 1010. The van der Waals surface area contributed by atoms with Gasteiger partial charge in [0.15, 0.2) is 0 Å². The Morgan fingerprint density at radius 2 is 2.16 bits per heavy atom. The van der Waals surface area contributed by atoms with Crippen LogP contribution in [0.15, 0.2) is 29.0 Å². The highest BCUT2D eigenvalue weighted by molar-refractivity contribution is 7.16. The van der Waals surface area contributed by atoms with Crippen molar-refractivity contribution in [3.63, 3.8) is 0 Å². The summed E-state index contributed by atoms with van der Waals surface area (Å²) in [7, 11) is 0. The topological polar surface area (TPSA) is 94.9 Å². The smallest absolute Gasteiger partial charge is 0.339 e. The predicted molar refractivity (Wildman–Crippen MR) is 83.3 cm³/mol. The van der Waals surface area contributed by atoms with Gasteiger partial charge in [-0.2, -0.15) is 23.4 Å². The molecule has 8 nitrogen and oxygen atoms in total. The van der Waals surface area contributed by atoms with Crippen LogP contribution in [-0.4, -0.2) is 34.9 Å². The molecule has 0 atom stereocenters. The summed E-state index contributed by atoms with van der Waals surface area (Å²) < 4.78 is 32.6. The summed E-state index contributed by atoms with van der Waals surface area (Å²) in [5.41, 5.74) is 0.741. The van der Waals surface area contributed by atoms with Crippen molar-refractivity contribution in [1.82, 2.24) is 34.9 Å². The first-order valence-electron chi connectivity index (χ1n) is 7.02. The molecule has 0 aliphatic carbocycles. The van der Waals surface area contributed by atoms with Crippen LogP contribution in [0.1, 0.15) is 16.7 Å². The van der Waals surface area contributed by atoms with E-state index >= 15 is 0 Å². The molecule has 4 heterocycles. The van der Waals surface area contributed by atoms with Crippen molar-refractivity contribution in [2.75, 3.05) is 0 Å². The standard InChI is InChI=1S/C13H8ClF2N7OS/c14-13(15,16)11-19-20-12-23(11)21-9(25-12)4-3-8-18-10(22-24-8)7-2-1-5-17-6-7/h1-2,5-6H,3-4H2. The van der Waals surface area contributed by atoms with Gasteiger partial charge in [-0.15, -0.1) is 10.2 Å². The van der Waals surface area contributed by atoms with E-state index in [4.69, 9.17) is 16.1 Å². The molecule has 0 aromatic carbocycles. The van der Waals surface area contributed by atoms with Gasteiger partial charge in [0.05, 0.1) is 0 Å². The number of hydrogen-bond acceptors (Lipinski definition) is 8. The number of aromatic nitrogens is 7. The molecule has 0 spiro atoms. The van der Waals surface area contributed by atoms with Gasteiger partial charge in [0.1, 0.15) is 5.01 Å². The number of aryl methyl sites for hydroxylation is 2. The van der Waals surface area contributed by atoms with Crippen molar-refractivity contribution < 1.29 is 13.3 Å². The lowest BCUT2D eigenvalue weighted by Gasteiger charge is -2.01. The molecule has 0 unspecified atom stereocenters. The van der Waals surface area contributed by atoms with Gasteiger partial charge in [-0.1, -0.05) is 16.5 Å². The van der Waals surface area contributed by atoms with Crippen LogP contribution in [0.4, 0.5) is 8.78 Å². The number of hydrogen-bond donors (Lipinski definition) is 0. The molecule has 0 N–H and O–H groups in total. The van der Waals surface area contributed by atoms with Crippen LogP contribution in [0, 0.1) is 0 Å². The van der Waals surface area contributed by atoms with Crippen molar-refractivity contribution in [1.29, 1.82) is 0 Å². The molecule has 12 heteroatoms. The van der Waals surface area contributed by atoms with Gasteiger partial charge in [0, 0.05) is 30.8 Å². The molecule has 4 aromatic rings. The van der Waals surface area contributed by atoms with Crippen molar-refractivity contribution in [2.45, 2.75) is 18.2 Å². The zero-order chi connectivity index (χ0) is 17.4. The average Bonchev–Trinajstić information content (AvgIpc) is 3.28. The summed E-state index contributed by atoms with van der Waals surface area (Å²) >= 11 is 6.13. The monoisotopic (exact) mass is 383 g/mol. The summed E-state index contributed by atoms with van der Waals surface area (Å²) in [4.78, 5) is 8.51. The summed E-state index contributed by atoms with van der Waals surface area (Å²) in [6.45, 7) is 0. The van der Waals surface area contributed by atoms with E-state index in [1.54, 1.807) is 18.5 Å². The number of halogens is 3. The van der Waals surface area contributed by atoms with E-state index < -0.39 is 11.2 Å². The second kappa shape index (κ2) is 6.08. The molecule has 4 aromatic heterocycles. The highest BCUT2D eigenvalue weighted by Gasteiger charge is 2.35. The van der Waals surface area contributed by atoms with E-state index in [1.807, 2.05) is 6.07 Å². The predicted octanol–water partition coefficient (Wildman–Crippen LogP) is 2.70. The number of rotatable bonds is 5. The van der Waals surface area contributed by atoms with Gasteiger partial charge in [-0.05, 0) is 23.7 Å². The van der Waals surface area contributed by atoms with Gasteiger partial charge in [0.25, 0.3) is 0 Å². The molecule has 0 aliphatic rings. The molecule has 0 radical (unpaired) electrons. The quantitative estimate of drug-likeness (QED) is 0.489. The number of nitrogens with zero attached hydrogens (tertiary/aromatic N) is 7. The molecular formula is C13H8ClF2N7OS. The fourth-order valence-corrected chi connectivity index (χ4v) is 3.07. The highest BCUT2D eigenvalue weighted by Crippen LogP contribution is 2.31. The fourth-order valence-electron chi connectivity index (χ4n) is 2.12. The molecule has 0 bridgehead atoms. The van der Waals surface area contributed by atoms with Crippen molar-refractivity contribution in [3.05, 3.63) is 41.2 Å². The third kappa shape index (κ3) is 3.20. The molecule has 0 amide bonds. The van der Waals surface area contributed by atoms with Gasteiger partial charge >= 0.3 is 5.38 Å². The van der Waals surface area contributed by atoms with E-state index in [0.717, 1.165) is 21.4 Å². The van der Waals surface area contributed by atoms with E-state index in [-0.39, 0.29) is 4.96 Å². The lowest BCUT2D eigenvalue weighted by molar-refractivity contribution is 0.0820. The third-order valence-electron chi connectivity index (χ3n) is 3.23. The van der Waals surface area contributed by atoms with Gasteiger partial charge < -0.3 is 4.52 Å². The average molecular weight is 384 g/mol. The number of pyridine rings is 1. The summed E-state index contributed by atoms with van der Waals surface area (Å²) in [6, 6.07) is 3.59. The molecule has 25 heavy (non-hydrogen) atoms. The van der Waals surface area contributed by atoms with Gasteiger partial charge in [0.2, 0.25) is 22.5 Å².